The second-order valence-electron chi connectivity index (χ2n) is 4.80. The molecule has 0 saturated carbocycles. The van der Waals surface area contributed by atoms with Gasteiger partial charge in [-0.25, -0.2) is 0 Å². The van der Waals surface area contributed by atoms with Gasteiger partial charge < -0.3 is 5.32 Å². The van der Waals surface area contributed by atoms with E-state index in [1.165, 1.54) is 0 Å². The molecular weight excluding hydrogens is 250 g/mol. The molecule has 1 amide bonds. The number of hydrogen-bond acceptors (Lipinski definition) is 2. The minimum absolute atomic E-state index is 0.364. The van der Waals surface area contributed by atoms with E-state index in [1.54, 1.807) is 12.1 Å². The van der Waals surface area contributed by atoms with Gasteiger partial charge in [-0.15, -0.1) is 0 Å². The molecule has 0 atom stereocenters. The van der Waals surface area contributed by atoms with Gasteiger partial charge in [0, 0.05) is 12.1 Å². The van der Waals surface area contributed by atoms with Crippen molar-refractivity contribution in [3.63, 3.8) is 0 Å². The first-order valence-electron chi connectivity index (χ1n) is 6.51. The van der Waals surface area contributed by atoms with Crippen molar-refractivity contribution in [2.24, 2.45) is 0 Å². The van der Waals surface area contributed by atoms with Gasteiger partial charge in [0.25, 0.3) is 5.91 Å². The third-order valence-corrected chi connectivity index (χ3v) is 3.22. The molecule has 0 saturated heterocycles. The lowest BCUT2D eigenvalue weighted by Crippen LogP contribution is -2.30. The Morgan fingerprint density at radius 2 is 1.60 bits per heavy atom. The van der Waals surface area contributed by atoms with Crippen molar-refractivity contribution in [2.45, 2.75) is 20.4 Å². The minimum atomic E-state index is -0.572. The average Bonchev–Trinajstić information content (AvgIpc) is 2.46. The fourth-order valence-electron chi connectivity index (χ4n) is 1.90. The maximum absolute atomic E-state index is 12.0. The number of carbonyl (C=O) groups is 2. The van der Waals surface area contributed by atoms with E-state index in [2.05, 4.69) is 5.32 Å². The Kier molecular flexibility index (Phi) is 4.31. The van der Waals surface area contributed by atoms with Gasteiger partial charge in [0.15, 0.2) is 0 Å². The summed E-state index contributed by atoms with van der Waals surface area (Å²) >= 11 is 0. The van der Waals surface area contributed by atoms with Crippen molar-refractivity contribution in [2.75, 3.05) is 0 Å². The van der Waals surface area contributed by atoms with Crippen LogP contribution in [0.2, 0.25) is 0 Å². The van der Waals surface area contributed by atoms with Crippen LogP contribution < -0.4 is 5.32 Å². The molecule has 0 aliphatic heterocycles. The fraction of sp³-hybridized carbons (Fsp3) is 0.176. The number of ketones is 1. The maximum atomic E-state index is 12.0. The van der Waals surface area contributed by atoms with E-state index in [9.17, 15) is 9.59 Å². The van der Waals surface area contributed by atoms with Gasteiger partial charge in [-0.3, -0.25) is 9.59 Å². The van der Waals surface area contributed by atoms with Crippen molar-refractivity contribution < 1.29 is 9.59 Å². The van der Waals surface area contributed by atoms with Crippen LogP contribution in [-0.2, 0) is 11.3 Å². The highest BCUT2D eigenvalue weighted by Crippen LogP contribution is 2.07. The molecule has 0 aliphatic rings. The summed E-state index contributed by atoms with van der Waals surface area (Å²) in [5.41, 5.74) is 3.58. The highest BCUT2D eigenvalue weighted by atomic mass is 16.2. The summed E-state index contributed by atoms with van der Waals surface area (Å²) in [7, 11) is 0. The van der Waals surface area contributed by atoms with Crippen molar-refractivity contribution in [1.29, 1.82) is 0 Å². The molecule has 0 unspecified atom stereocenters. The highest BCUT2D eigenvalue weighted by Gasteiger charge is 2.15. The average molecular weight is 267 g/mol. The van der Waals surface area contributed by atoms with Gasteiger partial charge in [0.2, 0.25) is 5.78 Å². The van der Waals surface area contributed by atoms with Gasteiger partial charge in [-0.1, -0.05) is 54.1 Å². The number of nitrogens with one attached hydrogen (secondary N) is 1. The van der Waals surface area contributed by atoms with Crippen LogP contribution in [0, 0.1) is 13.8 Å². The lowest BCUT2D eigenvalue weighted by Gasteiger charge is -2.07. The number of benzene rings is 2. The van der Waals surface area contributed by atoms with E-state index in [-0.39, 0.29) is 0 Å². The van der Waals surface area contributed by atoms with Gasteiger partial charge >= 0.3 is 0 Å². The Bertz CT molecular complexity index is 630. The minimum Gasteiger partial charge on any atom is -0.345 e. The Labute approximate surface area is 118 Å². The second kappa shape index (κ2) is 6.15. The number of carbonyl (C=O) groups excluding carboxylic acids is 2. The summed E-state index contributed by atoms with van der Waals surface area (Å²) in [5, 5.41) is 2.66. The molecule has 2 aromatic carbocycles. The molecule has 20 heavy (non-hydrogen) atoms. The molecule has 0 aliphatic carbocycles. The topological polar surface area (TPSA) is 46.2 Å². The summed E-state index contributed by atoms with van der Waals surface area (Å²) in [6.45, 7) is 4.28. The summed E-state index contributed by atoms with van der Waals surface area (Å²) in [5.74, 6) is -1.07. The SMILES string of the molecule is Cc1ccc(C(=O)C(=O)NCc2ccccc2C)cc1. The second-order valence-corrected chi connectivity index (χ2v) is 4.80. The standard InChI is InChI=1S/C17H17NO2/c1-12-7-9-14(10-8-12)16(19)17(20)18-11-15-6-4-3-5-13(15)2/h3-10H,11H2,1-2H3,(H,18,20). The van der Waals surface area contributed by atoms with Crippen molar-refractivity contribution in [1.82, 2.24) is 5.32 Å². The zero-order valence-electron chi connectivity index (χ0n) is 11.6. The lowest BCUT2D eigenvalue weighted by molar-refractivity contribution is -0.117. The molecule has 3 heteroatoms. The molecule has 2 aromatic rings. The number of Topliss-reactive ketones (excluding diaryl/α,β-unsaturated/α-hetero) is 1. The molecular formula is C17H17NO2. The largest absolute Gasteiger partial charge is 0.345 e. The molecule has 1 N–H and O–H groups in total. The van der Waals surface area contributed by atoms with Crippen molar-refractivity contribution in [3.05, 3.63) is 70.8 Å². The first kappa shape index (κ1) is 14.0. The monoisotopic (exact) mass is 267 g/mol. The predicted molar refractivity (Wildman–Crippen MR) is 78.5 cm³/mol. The molecule has 0 spiro atoms. The summed E-state index contributed by atoms with van der Waals surface area (Å²) < 4.78 is 0. The van der Waals surface area contributed by atoms with E-state index in [1.807, 2.05) is 50.2 Å². The molecule has 3 nitrogen and oxygen atoms in total. The van der Waals surface area contributed by atoms with Crippen LogP contribution in [0.4, 0.5) is 0 Å². The third kappa shape index (κ3) is 3.32. The van der Waals surface area contributed by atoms with Crippen LogP contribution in [0.15, 0.2) is 48.5 Å². The van der Waals surface area contributed by atoms with Gasteiger partial charge in [0.05, 0.1) is 0 Å². The van der Waals surface area contributed by atoms with Gasteiger partial charge in [0.1, 0.15) is 0 Å². The summed E-state index contributed by atoms with van der Waals surface area (Å²) in [6.07, 6.45) is 0. The Balaban J connectivity index is 2.00. The molecule has 2 rings (SSSR count). The van der Waals surface area contributed by atoms with Crippen LogP contribution in [0.5, 0.6) is 0 Å². The smallest absolute Gasteiger partial charge is 0.292 e. The lowest BCUT2D eigenvalue weighted by atomic mass is 10.1. The van der Waals surface area contributed by atoms with Crippen LogP contribution in [0.25, 0.3) is 0 Å². The fourth-order valence-corrected chi connectivity index (χ4v) is 1.90. The summed E-state index contributed by atoms with van der Waals surface area (Å²) in [6, 6.07) is 14.8. The molecule has 102 valence electrons. The third-order valence-electron chi connectivity index (χ3n) is 3.22. The molecule has 0 radical (unpaired) electrons. The van der Waals surface area contributed by atoms with E-state index in [0.29, 0.717) is 12.1 Å². The predicted octanol–water partition coefficient (Wildman–Crippen LogP) is 2.80. The maximum Gasteiger partial charge on any atom is 0.292 e. The van der Waals surface area contributed by atoms with E-state index in [4.69, 9.17) is 0 Å². The Morgan fingerprint density at radius 3 is 2.25 bits per heavy atom. The first-order chi connectivity index (χ1) is 9.58. The molecule has 0 heterocycles. The molecule has 0 bridgehead atoms. The first-order valence-corrected chi connectivity index (χ1v) is 6.51. The van der Waals surface area contributed by atoms with Crippen LogP contribution in [0.1, 0.15) is 27.0 Å². The Morgan fingerprint density at radius 1 is 0.950 bits per heavy atom. The van der Waals surface area contributed by atoms with Crippen molar-refractivity contribution in [3.8, 4) is 0 Å². The van der Waals surface area contributed by atoms with Gasteiger partial charge in [-0.05, 0) is 25.0 Å². The normalized spacial score (nSPS) is 10.1. The van der Waals surface area contributed by atoms with Crippen LogP contribution in [0.3, 0.4) is 0 Å². The van der Waals surface area contributed by atoms with Crippen LogP contribution in [-0.4, -0.2) is 11.7 Å². The highest BCUT2D eigenvalue weighted by molar-refractivity contribution is 6.42. The number of hydrogen-bond donors (Lipinski definition) is 1. The molecule has 0 fully saturated rings. The quantitative estimate of drug-likeness (QED) is 0.684. The number of aryl methyl sites for hydroxylation is 2. The zero-order valence-corrected chi connectivity index (χ0v) is 11.6. The summed E-state index contributed by atoms with van der Waals surface area (Å²) in [4.78, 5) is 23.8. The van der Waals surface area contributed by atoms with Gasteiger partial charge in [-0.2, -0.15) is 0 Å². The van der Waals surface area contributed by atoms with E-state index in [0.717, 1.165) is 16.7 Å². The Hall–Kier alpha value is -2.42. The zero-order chi connectivity index (χ0) is 14.5. The van der Waals surface area contributed by atoms with Crippen LogP contribution >= 0.6 is 0 Å². The van der Waals surface area contributed by atoms with E-state index < -0.39 is 11.7 Å². The van der Waals surface area contributed by atoms with Crippen molar-refractivity contribution >= 4 is 11.7 Å². The molecule has 0 aromatic heterocycles. The van der Waals surface area contributed by atoms with E-state index >= 15 is 0 Å². The number of rotatable bonds is 4. The number of amides is 1.